The summed E-state index contributed by atoms with van der Waals surface area (Å²) in [7, 11) is -8.22. The van der Waals surface area contributed by atoms with Gasteiger partial charge in [0, 0.05) is 13.1 Å². The van der Waals surface area contributed by atoms with Gasteiger partial charge in [0.15, 0.2) is 0 Å². The first-order valence-corrected chi connectivity index (χ1v) is 15.9. The van der Waals surface area contributed by atoms with Gasteiger partial charge in [0.25, 0.3) is 0 Å². The van der Waals surface area contributed by atoms with E-state index in [1.807, 2.05) is 19.9 Å². The van der Waals surface area contributed by atoms with Crippen LogP contribution in [0.5, 0.6) is 0 Å². The minimum absolute atomic E-state index is 0.0231. The molecule has 11 nitrogen and oxygen atoms in total. The van der Waals surface area contributed by atoms with Crippen molar-refractivity contribution in [3.63, 3.8) is 0 Å². The predicted octanol–water partition coefficient (Wildman–Crippen LogP) is 3.82. The number of hydrogen-bond donors (Lipinski definition) is 2. The van der Waals surface area contributed by atoms with E-state index in [-0.39, 0.29) is 48.3 Å². The van der Waals surface area contributed by atoms with Gasteiger partial charge in [0.1, 0.15) is 13.1 Å². The number of aliphatic hydroxyl groups excluding tert-OH is 1. The monoisotopic (exact) mass is 602 g/mol. The van der Waals surface area contributed by atoms with Gasteiger partial charge in [0.2, 0.25) is 20.0 Å². The average molecular weight is 603 g/mol. The second kappa shape index (κ2) is 14.5. The first kappa shape index (κ1) is 32.2. The van der Waals surface area contributed by atoms with Gasteiger partial charge in [-0.05, 0) is 53.3 Å². The lowest BCUT2D eigenvalue weighted by atomic mass is 10.0. The van der Waals surface area contributed by atoms with Gasteiger partial charge >= 0.3 is 0 Å². The summed E-state index contributed by atoms with van der Waals surface area (Å²) in [4.78, 5) is 21.0. The number of benzene rings is 3. The predicted molar refractivity (Wildman–Crippen MR) is 156 cm³/mol. The van der Waals surface area contributed by atoms with Crippen molar-refractivity contribution >= 4 is 20.0 Å². The number of rotatable bonds is 16. The Morgan fingerprint density at radius 2 is 1.24 bits per heavy atom. The molecule has 0 unspecified atom stereocenters. The second-order valence-electron chi connectivity index (χ2n) is 10.1. The summed E-state index contributed by atoms with van der Waals surface area (Å²) >= 11 is 0. The number of sulfonamides is 2. The molecule has 0 heterocycles. The Morgan fingerprint density at radius 1 is 0.732 bits per heavy atom. The van der Waals surface area contributed by atoms with E-state index in [0.717, 1.165) is 9.87 Å². The zero-order valence-corrected chi connectivity index (χ0v) is 24.5. The molecule has 0 saturated carbocycles. The fourth-order valence-electron chi connectivity index (χ4n) is 4.24. The largest absolute Gasteiger partial charge is 0.390 e. The van der Waals surface area contributed by atoms with E-state index >= 15 is 0 Å². The average Bonchev–Trinajstić information content (AvgIpc) is 2.93. The summed E-state index contributed by atoms with van der Waals surface area (Å²) in [5.41, 5.74) is 1.84. The highest BCUT2D eigenvalue weighted by atomic mass is 32.2. The molecule has 2 N–H and O–H groups in total. The SMILES string of the molecule is CC(C)CN(C[C@@H](O)[C@H](Cc1ccccc1)NS(=O)(=O)c1ccc(CN=O)cc1)S(=O)(=O)c1ccc(CN=O)cc1. The Bertz CT molecular complexity index is 1500. The maximum atomic E-state index is 13.6. The van der Waals surface area contributed by atoms with Gasteiger partial charge in [-0.2, -0.15) is 14.1 Å². The first-order chi connectivity index (χ1) is 19.5. The summed E-state index contributed by atoms with van der Waals surface area (Å²) in [6.45, 7) is 3.19. The molecule has 3 aromatic carbocycles. The Balaban J connectivity index is 1.91. The number of nitrogens with one attached hydrogen (secondary N) is 1. The topological polar surface area (TPSA) is 163 Å². The Labute approximate surface area is 240 Å². The van der Waals surface area contributed by atoms with Crippen LogP contribution in [0.25, 0.3) is 0 Å². The number of nitrogens with zero attached hydrogens (tertiary/aromatic N) is 3. The van der Waals surface area contributed by atoms with Crippen molar-refractivity contribution in [2.24, 2.45) is 16.3 Å². The maximum absolute atomic E-state index is 13.6. The molecule has 0 radical (unpaired) electrons. The Hall–Kier alpha value is -3.36. The highest BCUT2D eigenvalue weighted by Crippen LogP contribution is 2.21. The fraction of sp³-hybridized carbons (Fsp3) is 0.357. The summed E-state index contributed by atoms with van der Waals surface area (Å²) in [5, 5.41) is 17.0. The van der Waals surface area contributed by atoms with Crippen molar-refractivity contribution in [3.8, 4) is 0 Å². The van der Waals surface area contributed by atoms with Crippen LogP contribution >= 0.6 is 0 Å². The van der Waals surface area contributed by atoms with E-state index in [4.69, 9.17) is 0 Å². The van der Waals surface area contributed by atoms with Gasteiger partial charge in [-0.3, -0.25) is 0 Å². The van der Waals surface area contributed by atoms with Crippen LogP contribution in [-0.4, -0.2) is 51.5 Å². The molecule has 0 aliphatic heterocycles. The molecule has 41 heavy (non-hydrogen) atoms. The number of nitroso groups, excluding NO2 is 2. The fourth-order valence-corrected chi connectivity index (χ4v) is 7.14. The van der Waals surface area contributed by atoms with Crippen LogP contribution < -0.4 is 4.72 Å². The molecule has 0 aromatic heterocycles. The van der Waals surface area contributed by atoms with E-state index < -0.39 is 32.2 Å². The molecule has 0 spiro atoms. The van der Waals surface area contributed by atoms with Crippen molar-refractivity contribution in [2.45, 2.75) is 55.3 Å². The van der Waals surface area contributed by atoms with Gasteiger partial charge in [-0.25, -0.2) is 21.6 Å². The minimum atomic E-state index is -4.13. The van der Waals surface area contributed by atoms with Gasteiger partial charge in [-0.15, -0.1) is 0 Å². The second-order valence-corrected chi connectivity index (χ2v) is 13.7. The van der Waals surface area contributed by atoms with Crippen molar-refractivity contribution in [3.05, 3.63) is 105 Å². The standard InChI is InChI=1S/C28H34N4O7S2/c1-21(2)19-32(41(38,39)26-14-10-24(11-15-26)18-30-35)20-28(33)27(16-22-6-4-3-5-7-22)31-40(36,37)25-12-8-23(9-13-25)17-29-34/h3-15,21,27-28,31,33H,16-20H2,1-2H3/t27-,28+/m0/s1. The summed E-state index contributed by atoms with van der Waals surface area (Å²) in [6, 6.07) is 19.3. The normalized spacial score (nSPS) is 13.7. The van der Waals surface area contributed by atoms with Crippen LogP contribution in [0.15, 0.2) is 99.0 Å². The van der Waals surface area contributed by atoms with Crippen molar-refractivity contribution in [1.29, 1.82) is 0 Å². The highest BCUT2D eigenvalue weighted by molar-refractivity contribution is 7.89. The molecule has 0 amide bonds. The van der Waals surface area contributed by atoms with Gasteiger partial charge in [0.05, 0.1) is 21.9 Å². The van der Waals surface area contributed by atoms with Crippen molar-refractivity contribution in [1.82, 2.24) is 9.03 Å². The van der Waals surface area contributed by atoms with E-state index in [1.165, 1.54) is 48.5 Å². The Kier molecular flexibility index (Phi) is 11.4. The first-order valence-electron chi connectivity index (χ1n) is 13.0. The molecular formula is C28H34N4O7S2. The van der Waals surface area contributed by atoms with E-state index in [1.54, 1.807) is 24.3 Å². The lowest BCUT2D eigenvalue weighted by molar-refractivity contribution is 0.110. The van der Waals surface area contributed by atoms with E-state index in [0.29, 0.717) is 11.1 Å². The summed E-state index contributed by atoms with van der Waals surface area (Å²) < 4.78 is 57.5. The third kappa shape index (κ3) is 9.07. The summed E-state index contributed by atoms with van der Waals surface area (Å²) in [5.74, 6) is -0.0980. The molecule has 0 aliphatic rings. The summed E-state index contributed by atoms with van der Waals surface area (Å²) in [6.07, 6.45) is -1.33. The van der Waals surface area contributed by atoms with Gasteiger partial charge < -0.3 is 5.11 Å². The Morgan fingerprint density at radius 3 is 1.73 bits per heavy atom. The van der Waals surface area contributed by atoms with Gasteiger partial charge in [-0.1, -0.05) is 78.8 Å². The molecule has 0 saturated heterocycles. The smallest absolute Gasteiger partial charge is 0.243 e. The molecular weight excluding hydrogens is 568 g/mol. The van der Waals surface area contributed by atoms with Crippen LogP contribution in [0.3, 0.4) is 0 Å². The third-order valence-electron chi connectivity index (χ3n) is 6.32. The third-order valence-corrected chi connectivity index (χ3v) is 9.67. The van der Waals surface area contributed by atoms with Crippen LogP contribution in [-0.2, 0) is 39.6 Å². The molecule has 0 bridgehead atoms. The van der Waals surface area contributed by atoms with Crippen LogP contribution in [0.1, 0.15) is 30.5 Å². The lowest BCUT2D eigenvalue weighted by Crippen LogP contribution is -2.51. The number of hydrogen-bond acceptors (Lipinski definition) is 9. The van der Waals surface area contributed by atoms with Crippen LogP contribution in [0, 0.1) is 15.7 Å². The molecule has 220 valence electrons. The molecule has 3 rings (SSSR count). The maximum Gasteiger partial charge on any atom is 0.243 e. The molecule has 2 atom stereocenters. The quantitative estimate of drug-likeness (QED) is 0.236. The highest BCUT2D eigenvalue weighted by Gasteiger charge is 2.33. The molecule has 13 heteroatoms. The minimum Gasteiger partial charge on any atom is -0.390 e. The molecule has 0 aliphatic carbocycles. The van der Waals surface area contributed by atoms with Crippen LogP contribution in [0.4, 0.5) is 0 Å². The zero-order chi connectivity index (χ0) is 30.0. The zero-order valence-electron chi connectivity index (χ0n) is 22.8. The number of aliphatic hydroxyl groups is 1. The molecule has 3 aromatic rings. The van der Waals surface area contributed by atoms with E-state index in [2.05, 4.69) is 15.1 Å². The lowest BCUT2D eigenvalue weighted by Gasteiger charge is -2.30. The van der Waals surface area contributed by atoms with Crippen molar-refractivity contribution < 1.29 is 21.9 Å². The van der Waals surface area contributed by atoms with Crippen molar-refractivity contribution in [2.75, 3.05) is 13.1 Å². The molecule has 0 fully saturated rings. The van der Waals surface area contributed by atoms with E-state index in [9.17, 15) is 31.8 Å². The van der Waals surface area contributed by atoms with Crippen LogP contribution in [0.2, 0.25) is 0 Å².